The van der Waals surface area contributed by atoms with Gasteiger partial charge in [-0.3, -0.25) is 4.68 Å². The summed E-state index contributed by atoms with van der Waals surface area (Å²) in [6.07, 6.45) is 5.50. The van der Waals surface area contributed by atoms with Gasteiger partial charge >= 0.3 is 0 Å². The van der Waals surface area contributed by atoms with Gasteiger partial charge in [-0.1, -0.05) is 6.07 Å². The Morgan fingerprint density at radius 2 is 2.03 bits per heavy atom. The van der Waals surface area contributed by atoms with Gasteiger partial charge in [-0.15, -0.1) is 22.6 Å². The second-order valence-electron chi connectivity index (χ2n) is 8.37. The van der Waals surface area contributed by atoms with Gasteiger partial charge < -0.3 is 15.3 Å². The third kappa shape index (κ3) is 4.88. The van der Waals surface area contributed by atoms with E-state index in [1.165, 1.54) is 12.4 Å². The number of rotatable bonds is 4. The zero-order valence-electron chi connectivity index (χ0n) is 20.2. The van der Waals surface area contributed by atoms with Crippen LogP contribution in [0.5, 0.6) is 5.75 Å². The fourth-order valence-corrected chi connectivity index (χ4v) is 3.61. The van der Waals surface area contributed by atoms with Crippen molar-refractivity contribution in [3.8, 4) is 28.1 Å². The lowest BCUT2D eigenvalue weighted by Gasteiger charge is -2.25. The van der Waals surface area contributed by atoms with Crippen LogP contribution in [0.3, 0.4) is 0 Å². The third-order valence-electron chi connectivity index (χ3n) is 4.85. The van der Waals surface area contributed by atoms with E-state index in [2.05, 4.69) is 51.3 Å². The summed E-state index contributed by atoms with van der Waals surface area (Å²) in [5.74, 6) is 0.573. The second-order valence-corrected chi connectivity index (χ2v) is 8.37. The highest BCUT2D eigenvalue weighted by Crippen LogP contribution is 2.32. The van der Waals surface area contributed by atoms with Gasteiger partial charge in [0.05, 0.1) is 12.4 Å². The van der Waals surface area contributed by atoms with Crippen LogP contribution in [0.1, 0.15) is 31.3 Å². The number of hydrogen-bond donors (Lipinski definition) is 2. The number of aromatic nitrogens is 5. The van der Waals surface area contributed by atoms with Crippen LogP contribution in [-0.2, 0) is 6.98 Å². The normalized spacial score (nSPS) is 18.4. The van der Waals surface area contributed by atoms with Gasteiger partial charge in [0.15, 0.2) is 0 Å². The van der Waals surface area contributed by atoms with Crippen molar-refractivity contribution in [2.75, 3.05) is 18.0 Å². The highest BCUT2D eigenvalue weighted by atomic mass is 35.5. The molecule has 0 spiro atoms. The van der Waals surface area contributed by atoms with Crippen LogP contribution < -0.4 is 10.2 Å². The minimum atomic E-state index is -2.35. The molecule has 3 aromatic rings. The largest absolute Gasteiger partial charge is 0.507 e. The van der Waals surface area contributed by atoms with Crippen molar-refractivity contribution >= 4 is 18.4 Å². The van der Waals surface area contributed by atoms with Gasteiger partial charge in [0.1, 0.15) is 11.4 Å². The lowest BCUT2D eigenvalue weighted by atomic mass is 10.0. The van der Waals surface area contributed by atoms with E-state index in [1.54, 1.807) is 24.4 Å². The van der Waals surface area contributed by atoms with Crippen LogP contribution >= 0.6 is 12.4 Å². The lowest BCUT2D eigenvalue weighted by Crippen LogP contribution is -2.45. The fourth-order valence-electron chi connectivity index (χ4n) is 3.61. The highest BCUT2D eigenvalue weighted by Gasteiger charge is 2.27. The summed E-state index contributed by atoms with van der Waals surface area (Å²) in [6, 6.07) is 5.41. The number of nitrogens with zero attached hydrogens (tertiary/aromatic N) is 6. The average Bonchev–Trinajstić information content (AvgIpc) is 3.36. The monoisotopic (exact) mass is 432 g/mol. The van der Waals surface area contributed by atoms with Crippen molar-refractivity contribution in [3.63, 3.8) is 0 Å². The summed E-state index contributed by atoms with van der Waals surface area (Å²) < 4.78 is 23.2. The Kier molecular flexibility index (Phi) is 5.17. The Morgan fingerprint density at radius 3 is 2.67 bits per heavy atom. The number of aromatic hydroxyl groups is 1. The first-order chi connectivity index (χ1) is 15.0. The molecule has 0 amide bonds. The molecule has 2 N–H and O–H groups in total. The van der Waals surface area contributed by atoms with Crippen molar-refractivity contribution in [1.29, 1.82) is 0 Å². The van der Waals surface area contributed by atoms with Gasteiger partial charge in [0.25, 0.3) is 0 Å². The van der Waals surface area contributed by atoms with Crippen LogP contribution in [0.2, 0.25) is 0 Å². The van der Waals surface area contributed by atoms with Crippen LogP contribution in [0.25, 0.3) is 22.4 Å². The summed E-state index contributed by atoms with van der Waals surface area (Å²) in [6.45, 7) is 5.79. The number of nitrogens with one attached hydrogen (secondary N) is 1. The quantitative estimate of drug-likeness (QED) is 0.654. The highest BCUT2D eigenvalue weighted by molar-refractivity contribution is 5.85. The van der Waals surface area contributed by atoms with Gasteiger partial charge in [-0.25, -0.2) is 4.98 Å². The molecule has 1 fully saturated rings. The smallest absolute Gasteiger partial charge is 0.245 e. The zero-order valence-corrected chi connectivity index (χ0v) is 18.0. The van der Waals surface area contributed by atoms with Crippen LogP contribution in [0, 0.1) is 0 Å². The predicted octanol–water partition coefficient (Wildman–Crippen LogP) is 3.03. The Morgan fingerprint density at radius 1 is 1.20 bits per heavy atom. The standard InChI is InChI=1S/C21H27N7O.ClH/c1-21(2,3)24-16-7-8-28(13-16)20-22-11-18(25-26-20)17-6-5-14(9-19(17)29)15-10-23-27(4)12-15;/h5-6,9-12,16,24,29H,7-8,13H2,1-4H3;1H/i4D3;. The van der Waals surface area contributed by atoms with Crippen molar-refractivity contribution < 1.29 is 9.22 Å². The van der Waals surface area contributed by atoms with Crippen LogP contribution in [0.4, 0.5) is 5.95 Å². The molecule has 4 rings (SSSR count). The maximum Gasteiger partial charge on any atom is 0.245 e. The zero-order chi connectivity index (χ0) is 23.1. The molecule has 1 unspecified atom stereocenters. The van der Waals surface area contributed by atoms with Gasteiger partial charge in [0.2, 0.25) is 5.95 Å². The number of benzene rings is 1. The molecule has 0 aliphatic carbocycles. The van der Waals surface area contributed by atoms with E-state index in [4.69, 9.17) is 4.11 Å². The molecule has 0 radical (unpaired) electrons. The molecular weight excluding hydrogens is 402 g/mol. The first-order valence-corrected chi connectivity index (χ1v) is 9.61. The third-order valence-corrected chi connectivity index (χ3v) is 4.85. The van der Waals surface area contributed by atoms with Gasteiger partial charge in [-0.2, -0.15) is 5.10 Å². The molecule has 1 aliphatic rings. The molecule has 2 aromatic heterocycles. The first-order valence-electron chi connectivity index (χ1n) is 11.1. The van der Waals surface area contributed by atoms with E-state index in [0.717, 1.165) is 24.2 Å². The molecule has 0 saturated carbocycles. The fraction of sp³-hybridized carbons (Fsp3) is 0.429. The maximum atomic E-state index is 10.5. The van der Waals surface area contributed by atoms with E-state index in [-0.39, 0.29) is 23.7 Å². The number of anilines is 1. The molecule has 8 nitrogen and oxygen atoms in total. The van der Waals surface area contributed by atoms with E-state index in [0.29, 0.717) is 34.4 Å². The van der Waals surface area contributed by atoms with Crippen molar-refractivity contribution in [1.82, 2.24) is 30.3 Å². The topological polar surface area (TPSA) is 92.0 Å². The summed E-state index contributed by atoms with van der Waals surface area (Å²) in [5, 5.41) is 26.6. The molecule has 9 heteroatoms. The van der Waals surface area contributed by atoms with Crippen LogP contribution in [0.15, 0.2) is 36.8 Å². The lowest BCUT2D eigenvalue weighted by molar-refractivity contribution is 0.373. The van der Waals surface area contributed by atoms with E-state index >= 15 is 0 Å². The molecule has 3 heterocycles. The Bertz CT molecular complexity index is 1100. The van der Waals surface area contributed by atoms with Crippen molar-refractivity contribution in [2.45, 2.75) is 38.8 Å². The van der Waals surface area contributed by atoms with Gasteiger partial charge in [-0.05, 0) is 44.9 Å². The molecule has 1 aromatic carbocycles. The molecule has 1 saturated heterocycles. The minimum absolute atomic E-state index is 0. The second kappa shape index (κ2) is 8.57. The molecule has 30 heavy (non-hydrogen) atoms. The van der Waals surface area contributed by atoms with E-state index in [1.807, 2.05) is 0 Å². The number of phenols is 1. The Labute approximate surface area is 187 Å². The summed E-state index contributed by atoms with van der Waals surface area (Å²) in [4.78, 5) is 6.56. The van der Waals surface area contributed by atoms with E-state index in [9.17, 15) is 5.11 Å². The first kappa shape index (κ1) is 18.1. The molecule has 0 bridgehead atoms. The predicted molar refractivity (Wildman–Crippen MR) is 120 cm³/mol. The molecule has 1 atom stereocenters. The van der Waals surface area contributed by atoms with Gasteiger partial charge in [0, 0.05) is 53.1 Å². The van der Waals surface area contributed by atoms with Crippen LogP contribution in [-0.4, -0.2) is 54.7 Å². The number of phenolic OH excluding ortho intramolecular Hbond substituents is 1. The minimum Gasteiger partial charge on any atom is -0.507 e. The molecule has 160 valence electrons. The van der Waals surface area contributed by atoms with E-state index < -0.39 is 6.98 Å². The van der Waals surface area contributed by atoms with Crippen molar-refractivity contribution in [2.24, 2.45) is 6.98 Å². The molecular formula is C21H28ClN7O. The Balaban J connectivity index is 0.00000306. The SMILES string of the molecule is Cl.[2H]C([2H])([2H])n1cc(-c2ccc(-c3cnc(N4CCC(NC(C)(C)C)C4)nn3)c(O)c2)cn1. The summed E-state index contributed by atoms with van der Waals surface area (Å²) in [7, 11) is 0. The number of aryl methyl sites for hydroxylation is 1. The number of halogens is 1. The average molecular weight is 433 g/mol. The Hall–Kier alpha value is -2.71. The number of hydrogen-bond acceptors (Lipinski definition) is 7. The van der Waals surface area contributed by atoms with Crippen molar-refractivity contribution in [3.05, 3.63) is 36.8 Å². The summed E-state index contributed by atoms with van der Waals surface area (Å²) in [5.41, 5.74) is 2.25. The molecule has 1 aliphatic heterocycles. The maximum absolute atomic E-state index is 10.5. The summed E-state index contributed by atoms with van der Waals surface area (Å²) >= 11 is 0.